The molecule has 8 heteroatoms. The summed E-state index contributed by atoms with van der Waals surface area (Å²) in [6.07, 6.45) is 1.96. The van der Waals surface area contributed by atoms with Gasteiger partial charge in [0.25, 0.3) is 5.56 Å². The molecule has 104 valence electrons. The number of hydrazone groups is 1. The van der Waals surface area contributed by atoms with Crippen LogP contribution in [0.3, 0.4) is 0 Å². The van der Waals surface area contributed by atoms with Crippen molar-refractivity contribution >= 4 is 11.6 Å². The van der Waals surface area contributed by atoms with Crippen LogP contribution < -0.4 is 16.7 Å². The lowest BCUT2D eigenvalue weighted by molar-refractivity contribution is -0.121. The number of nitrogens with zero attached hydrogens (tertiary/aromatic N) is 1. The van der Waals surface area contributed by atoms with Gasteiger partial charge < -0.3 is 5.11 Å². The van der Waals surface area contributed by atoms with Crippen molar-refractivity contribution in [1.82, 2.24) is 15.4 Å². The molecule has 0 aliphatic carbocycles. The Morgan fingerprint density at radius 3 is 2.63 bits per heavy atom. The van der Waals surface area contributed by atoms with E-state index in [-0.39, 0.29) is 17.2 Å². The highest BCUT2D eigenvalue weighted by atomic mass is 16.3. The largest absolute Gasteiger partial charge is 0.494 e. The summed E-state index contributed by atoms with van der Waals surface area (Å²) in [5, 5.41) is 13.2. The minimum absolute atomic E-state index is 0.0971. The van der Waals surface area contributed by atoms with Gasteiger partial charge in [0.1, 0.15) is 5.56 Å². The van der Waals surface area contributed by atoms with Crippen LogP contribution in [0.15, 0.2) is 14.7 Å². The highest BCUT2D eigenvalue weighted by molar-refractivity contribution is 6.00. The standard InChI is InChI=1S/C11H16N4O4/c1-3-4-5-7(16)15-14-6(2)8-9(17)12-11(19)13-10(8)18/h3-5H2,1-2H3,(H,15,16)(H3,12,13,17,18,19). The maximum Gasteiger partial charge on any atom is 0.328 e. The van der Waals surface area contributed by atoms with Crippen molar-refractivity contribution in [3.05, 3.63) is 26.4 Å². The second-order valence-electron chi connectivity index (χ2n) is 3.97. The van der Waals surface area contributed by atoms with Crippen molar-refractivity contribution in [2.75, 3.05) is 0 Å². The van der Waals surface area contributed by atoms with Gasteiger partial charge in [-0.05, 0) is 13.3 Å². The summed E-state index contributed by atoms with van der Waals surface area (Å²) >= 11 is 0. The maximum absolute atomic E-state index is 11.5. The molecule has 4 N–H and O–H groups in total. The van der Waals surface area contributed by atoms with Crippen molar-refractivity contribution in [2.24, 2.45) is 5.10 Å². The molecular weight excluding hydrogens is 252 g/mol. The van der Waals surface area contributed by atoms with Crippen LogP contribution in [0.1, 0.15) is 38.7 Å². The Labute approximate surface area is 108 Å². The van der Waals surface area contributed by atoms with Gasteiger partial charge in [-0.2, -0.15) is 5.10 Å². The van der Waals surface area contributed by atoms with Gasteiger partial charge in [0, 0.05) is 6.42 Å². The van der Waals surface area contributed by atoms with E-state index in [1.54, 1.807) is 0 Å². The third kappa shape index (κ3) is 4.09. The Morgan fingerprint density at radius 1 is 1.37 bits per heavy atom. The molecule has 1 rings (SSSR count). The van der Waals surface area contributed by atoms with E-state index in [1.807, 2.05) is 16.9 Å². The molecule has 0 atom stereocenters. The number of carbonyl (C=O) groups excluding carboxylic acids is 1. The monoisotopic (exact) mass is 268 g/mol. The highest BCUT2D eigenvalue weighted by Gasteiger charge is 2.12. The van der Waals surface area contributed by atoms with Gasteiger partial charge in [0.2, 0.25) is 11.8 Å². The van der Waals surface area contributed by atoms with Crippen LogP contribution in [0.5, 0.6) is 5.88 Å². The van der Waals surface area contributed by atoms with Crippen molar-refractivity contribution < 1.29 is 9.90 Å². The molecule has 8 nitrogen and oxygen atoms in total. The number of amides is 1. The smallest absolute Gasteiger partial charge is 0.328 e. The lowest BCUT2D eigenvalue weighted by Crippen LogP contribution is -2.28. The third-order valence-electron chi connectivity index (χ3n) is 2.39. The van der Waals surface area contributed by atoms with Gasteiger partial charge in [-0.15, -0.1) is 0 Å². The molecule has 0 aliphatic heterocycles. The summed E-state index contributed by atoms with van der Waals surface area (Å²) < 4.78 is 0. The van der Waals surface area contributed by atoms with E-state index in [2.05, 4.69) is 10.5 Å². The fourth-order valence-electron chi connectivity index (χ4n) is 1.41. The van der Waals surface area contributed by atoms with Crippen LogP contribution in [0, 0.1) is 0 Å². The van der Waals surface area contributed by atoms with Crippen molar-refractivity contribution in [2.45, 2.75) is 33.1 Å². The summed E-state index contributed by atoms with van der Waals surface area (Å²) in [5.74, 6) is -0.862. The van der Waals surface area contributed by atoms with E-state index in [9.17, 15) is 19.5 Å². The molecule has 19 heavy (non-hydrogen) atoms. The molecule has 0 saturated heterocycles. The first-order valence-electron chi connectivity index (χ1n) is 5.84. The van der Waals surface area contributed by atoms with Gasteiger partial charge >= 0.3 is 5.69 Å². The fourth-order valence-corrected chi connectivity index (χ4v) is 1.41. The molecule has 1 amide bonds. The average molecular weight is 268 g/mol. The Morgan fingerprint density at radius 2 is 2.05 bits per heavy atom. The summed E-state index contributed by atoms with van der Waals surface area (Å²) in [6.45, 7) is 3.39. The molecule has 0 aromatic carbocycles. The first-order chi connectivity index (χ1) is 8.95. The topological polar surface area (TPSA) is 127 Å². The summed E-state index contributed by atoms with van der Waals surface area (Å²) in [5.41, 5.74) is 0.603. The van der Waals surface area contributed by atoms with E-state index in [1.165, 1.54) is 6.92 Å². The zero-order valence-corrected chi connectivity index (χ0v) is 10.7. The molecular formula is C11H16N4O4. The van der Waals surface area contributed by atoms with Gasteiger partial charge in [-0.3, -0.25) is 19.6 Å². The molecule has 0 saturated carbocycles. The molecule has 0 spiro atoms. The predicted molar refractivity (Wildman–Crippen MR) is 69.2 cm³/mol. The number of rotatable bonds is 5. The SMILES string of the molecule is CCCCC(=O)NN=C(C)c1c(O)[nH]c(=O)[nH]c1=O. The lowest BCUT2D eigenvalue weighted by atomic mass is 10.2. The lowest BCUT2D eigenvalue weighted by Gasteiger charge is -2.03. The molecule has 1 aromatic rings. The van der Waals surface area contributed by atoms with E-state index in [0.29, 0.717) is 6.42 Å². The molecule has 0 fully saturated rings. The maximum atomic E-state index is 11.5. The van der Waals surface area contributed by atoms with Crippen molar-refractivity contribution in [3.63, 3.8) is 0 Å². The Hall–Kier alpha value is -2.38. The minimum Gasteiger partial charge on any atom is -0.494 e. The molecule has 0 bridgehead atoms. The molecule has 1 heterocycles. The van der Waals surface area contributed by atoms with Crippen LogP contribution in [0.4, 0.5) is 0 Å². The van der Waals surface area contributed by atoms with Gasteiger partial charge in [0.05, 0.1) is 5.71 Å². The van der Waals surface area contributed by atoms with Gasteiger partial charge in [0.15, 0.2) is 0 Å². The molecule has 0 aliphatic rings. The Balaban J connectivity index is 2.89. The quantitative estimate of drug-likeness (QED) is 0.435. The van der Waals surface area contributed by atoms with Crippen LogP contribution in [-0.2, 0) is 4.79 Å². The van der Waals surface area contributed by atoms with Crippen molar-refractivity contribution in [1.29, 1.82) is 0 Å². The molecule has 0 unspecified atom stereocenters. The Bertz CT molecular complexity index is 599. The number of aromatic amines is 2. The highest BCUT2D eigenvalue weighted by Crippen LogP contribution is 2.05. The Kier molecular flexibility index (Phi) is 5.04. The van der Waals surface area contributed by atoms with Crippen molar-refractivity contribution in [3.8, 4) is 5.88 Å². The van der Waals surface area contributed by atoms with E-state index < -0.39 is 17.1 Å². The average Bonchev–Trinajstić information content (AvgIpc) is 2.32. The van der Waals surface area contributed by atoms with E-state index >= 15 is 0 Å². The third-order valence-corrected chi connectivity index (χ3v) is 2.39. The first kappa shape index (κ1) is 14.7. The minimum atomic E-state index is -0.814. The summed E-state index contributed by atoms with van der Waals surface area (Å²) in [6, 6.07) is 0. The van der Waals surface area contributed by atoms with Crippen LogP contribution in [0.2, 0.25) is 0 Å². The van der Waals surface area contributed by atoms with Crippen LogP contribution in [-0.4, -0.2) is 26.7 Å². The zero-order chi connectivity index (χ0) is 14.4. The zero-order valence-electron chi connectivity index (χ0n) is 10.7. The number of aromatic nitrogens is 2. The normalized spacial score (nSPS) is 11.4. The number of unbranched alkanes of at least 4 members (excludes halogenated alkanes) is 1. The fraction of sp³-hybridized carbons (Fsp3) is 0.455. The first-order valence-corrected chi connectivity index (χ1v) is 5.84. The number of hydrogen-bond acceptors (Lipinski definition) is 5. The van der Waals surface area contributed by atoms with Gasteiger partial charge in [-0.25, -0.2) is 10.2 Å². The van der Waals surface area contributed by atoms with Crippen LogP contribution in [0.25, 0.3) is 0 Å². The number of nitrogens with one attached hydrogen (secondary N) is 3. The molecule has 0 radical (unpaired) electrons. The van der Waals surface area contributed by atoms with Gasteiger partial charge in [-0.1, -0.05) is 13.3 Å². The summed E-state index contributed by atoms with van der Waals surface area (Å²) in [4.78, 5) is 37.7. The van der Waals surface area contributed by atoms with E-state index in [4.69, 9.17) is 0 Å². The number of aromatic hydroxyl groups is 1. The second-order valence-corrected chi connectivity index (χ2v) is 3.97. The van der Waals surface area contributed by atoms with E-state index in [0.717, 1.165) is 12.8 Å². The van der Waals surface area contributed by atoms with Crippen LogP contribution >= 0.6 is 0 Å². The number of H-pyrrole nitrogens is 2. The number of carbonyl (C=O) groups is 1. The predicted octanol–water partition coefficient (Wildman–Crippen LogP) is -0.201. The molecule has 1 aromatic heterocycles. The summed E-state index contributed by atoms with van der Waals surface area (Å²) in [7, 11) is 0. The number of hydrogen-bond donors (Lipinski definition) is 4. The second kappa shape index (κ2) is 6.53.